The van der Waals surface area contributed by atoms with Crippen LogP contribution in [0.2, 0.25) is 0 Å². The molecule has 1 aromatic heterocycles. The molecule has 0 aliphatic rings. The first-order valence-corrected chi connectivity index (χ1v) is 8.68. The Balaban J connectivity index is 1.84. The van der Waals surface area contributed by atoms with Gasteiger partial charge in [0.15, 0.2) is 0 Å². The fourth-order valence-electron chi connectivity index (χ4n) is 2.07. The summed E-state index contributed by atoms with van der Waals surface area (Å²) in [5.41, 5.74) is 2.10. The van der Waals surface area contributed by atoms with Crippen LogP contribution in [0.3, 0.4) is 0 Å². The van der Waals surface area contributed by atoms with E-state index in [0.717, 1.165) is 22.7 Å². The Bertz CT molecular complexity index is 629. The number of H-pyrrole nitrogens is 1. The van der Waals surface area contributed by atoms with Gasteiger partial charge in [0, 0.05) is 11.2 Å². The molecule has 0 unspecified atom stereocenters. The largest absolute Gasteiger partial charge is 0.490 e. The van der Waals surface area contributed by atoms with Gasteiger partial charge in [-0.15, -0.1) is 5.10 Å². The Kier molecular flexibility index (Phi) is 5.70. The first kappa shape index (κ1) is 17.8. The molecule has 1 aromatic carbocycles. The third-order valence-electron chi connectivity index (χ3n) is 3.41. The molecular weight excluding hydrogens is 310 g/mol. The van der Waals surface area contributed by atoms with Crippen molar-refractivity contribution >= 4 is 11.8 Å². The summed E-state index contributed by atoms with van der Waals surface area (Å²) in [6.07, 6.45) is -0.574. The second kappa shape index (κ2) is 7.36. The van der Waals surface area contributed by atoms with Gasteiger partial charge in [0.2, 0.25) is 5.16 Å². The Labute approximate surface area is 141 Å². The van der Waals surface area contributed by atoms with E-state index in [-0.39, 0.29) is 12.0 Å². The maximum atomic E-state index is 10.1. The predicted molar refractivity (Wildman–Crippen MR) is 93.2 cm³/mol. The van der Waals surface area contributed by atoms with Crippen LogP contribution in [0.5, 0.6) is 5.75 Å². The third-order valence-corrected chi connectivity index (χ3v) is 4.40. The van der Waals surface area contributed by atoms with Crippen molar-refractivity contribution in [3.05, 3.63) is 35.2 Å². The number of aromatic amines is 1. The van der Waals surface area contributed by atoms with Crippen molar-refractivity contribution in [2.45, 2.75) is 51.3 Å². The average Bonchev–Trinajstić information content (AvgIpc) is 2.93. The number of aryl methyl sites for hydroxylation is 2. The highest BCUT2D eigenvalue weighted by Gasteiger charge is 2.19. The van der Waals surface area contributed by atoms with Crippen LogP contribution in [0.25, 0.3) is 0 Å². The zero-order chi connectivity index (χ0) is 17.0. The molecule has 2 aromatic rings. The van der Waals surface area contributed by atoms with Crippen molar-refractivity contribution in [1.29, 1.82) is 0 Å². The highest BCUT2D eigenvalue weighted by atomic mass is 32.2. The molecule has 0 bridgehead atoms. The van der Waals surface area contributed by atoms with E-state index in [1.165, 1.54) is 11.8 Å². The van der Waals surface area contributed by atoms with E-state index in [4.69, 9.17) is 4.74 Å². The lowest BCUT2D eigenvalue weighted by molar-refractivity contribution is 0.125. The van der Waals surface area contributed by atoms with Gasteiger partial charge in [0.05, 0.1) is 6.10 Å². The Morgan fingerprint density at radius 1 is 1.26 bits per heavy atom. The Morgan fingerprint density at radius 3 is 2.48 bits per heavy atom. The number of nitrogens with zero attached hydrogens (tertiary/aromatic N) is 2. The summed E-state index contributed by atoms with van der Waals surface area (Å²) in [5.74, 6) is 2.19. The Morgan fingerprint density at radius 2 is 1.91 bits per heavy atom. The molecule has 6 heteroatoms. The number of ether oxygens (including phenoxy) is 1. The smallest absolute Gasteiger partial charge is 0.208 e. The SMILES string of the molecule is Cc1cccc(C)c1OC[C@H](O)CSc1n[nH]c(C(C)(C)C)n1. The molecule has 0 saturated carbocycles. The number of aromatic nitrogens is 3. The van der Waals surface area contributed by atoms with E-state index in [2.05, 4.69) is 36.0 Å². The number of aliphatic hydroxyl groups excluding tert-OH is 1. The Hall–Kier alpha value is -1.53. The minimum atomic E-state index is -0.574. The normalized spacial score (nSPS) is 13.1. The van der Waals surface area contributed by atoms with Crippen LogP contribution in [0.4, 0.5) is 0 Å². The van der Waals surface area contributed by atoms with Gasteiger partial charge in [-0.05, 0) is 25.0 Å². The quantitative estimate of drug-likeness (QED) is 0.793. The fraction of sp³-hybridized carbons (Fsp3) is 0.529. The fourth-order valence-corrected chi connectivity index (χ4v) is 2.78. The third kappa shape index (κ3) is 4.97. The highest BCUT2D eigenvalue weighted by molar-refractivity contribution is 7.99. The maximum absolute atomic E-state index is 10.1. The van der Waals surface area contributed by atoms with Gasteiger partial charge < -0.3 is 9.84 Å². The summed E-state index contributed by atoms with van der Waals surface area (Å²) in [6, 6.07) is 6.01. The molecule has 0 radical (unpaired) electrons. The van der Waals surface area contributed by atoms with Crippen LogP contribution in [-0.4, -0.2) is 38.8 Å². The average molecular weight is 335 g/mol. The second-order valence-corrected chi connectivity index (χ2v) is 7.70. The summed E-state index contributed by atoms with van der Waals surface area (Å²) < 4.78 is 5.77. The number of nitrogens with one attached hydrogen (secondary N) is 1. The van der Waals surface area contributed by atoms with Gasteiger partial charge >= 0.3 is 0 Å². The van der Waals surface area contributed by atoms with Gasteiger partial charge in [-0.25, -0.2) is 4.98 Å². The molecule has 2 N–H and O–H groups in total. The molecule has 5 nitrogen and oxygen atoms in total. The number of rotatable bonds is 6. The van der Waals surface area contributed by atoms with E-state index in [1.807, 2.05) is 32.0 Å². The number of para-hydroxylation sites is 1. The molecule has 23 heavy (non-hydrogen) atoms. The number of benzene rings is 1. The molecule has 2 rings (SSSR count). The van der Waals surface area contributed by atoms with Crippen LogP contribution >= 0.6 is 11.8 Å². The van der Waals surface area contributed by atoms with Gasteiger partial charge in [-0.2, -0.15) is 0 Å². The van der Waals surface area contributed by atoms with Crippen molar-refractivity contribution in [3.63, 3.8) is 0 Å². The maximum Gasteiger partial charge on any atom is 0.208 e. The molecule has 126 valence electrons. The van der Waals surface area contributed by atoms with E-state index >= 15 is 0 Å². The summed E-state index contributed by atoms with van der Waals surface area (Å²) in [4.78, 5) is 4.44. The summed E-state index contributed by atoms with van der Waals surface area (Å²) in [6.45, 7) is 10.5. The number of hydrogen-bond acceptors (Lipinski definition) is 5. The summed E-state index contributed by atoms with van der Waals surface area (Å²) in [7, 11) is 0. The van der Waals surface area contributed by atoms with Gasteiger partial charge in [-0.3, -0.25) is 5.10 Å². The summed E-state index contributed by atoms with van der Waals surface area (Å²) >= 11 is 1.43. The minimum absolute atomic E-state index is 0.0596. The number of hydrogen-bond donors (Lipinski definition) is 2. The van der Waals surface area contributed by atoms with E-state index in [1.54, 1.807) is 0 Å². The summed E-state index contributed by atoms with van der Waals surface area (Å²) in [5, 5.41) is 17.9. The minimum Gasteiger partial charge on any atom is -0.490 e. The molecule has 0 amide bonds. The van der Waals surface area contributed by atoms with Crippen molar-refractivity contribution in [3.8, 4) is 5.75 Å². The molecule has 0 fully saturated rings. The first-order valence-electron chi connectivity index (χ1n) is 7.70. The monoisotopic (exact) mass is 335 g/mol. The second-order valence-electron chi connectivity index (χ2n) is 6.71. The van der Waals surface area contributed by atoms with Crippen LogP contribution < -0.4 is 4.74 Å². The van der Waals surface area contributed by atoms with Crippen molar-refractivity contribution in [1.82, 2.24) is 15.2 Å². The topological polar surface area (TPSA) is 71.0 Å². The lowest BCUT2D eigenvalue weighted by Crippen LogP contribution is -2.20. The lowest BCUT2D eigenvalue weighted by atomic mass is 9.96. The highest BCUT2D eigenvalue weighted by Crippen LogP contribution is 2.24. The van der Waals surface area contributed by atoms with Crippen molar-refractivity contribution < 1.29 is 9.84 Å². The van der Waals surface area contributed by atoms with Crippen molar-refractivity contribution in [2.75, 3.05) is 12.4 Å². The first-order chi connectivity index (χ1) is 10.8. The molecule has 1 heterocycles. The zero-order valence-electron chi connectivity index (χ0n) is 14.4. The molecular formula is C17H25N3O2S. The molecule has 0 saturated heterocycles. The number of thioether (sulfide) groups is 1. The van der Waals surface area contributed by atoms with Crippen LogP contribution in [0.1, 0.15) is 37.7 Å². The molecule has 0 aliphatic heterocycles. The zero-order valence-corrected chi connectivity index (χ0v) is 15.2. The van der Waals surface area contributed by atoms with E-state index in [0.29, 0.717) is 10.9 Å². The molecule has 0 spiro atoms. The van der Waals surface area contributed by atoms with Gasteiger partial charge in [-0.1, -0.05) is 50.7 Å². The molecule has 1 atom stereocenters. The standard InChI is InChI=1S/C17H25N3O2S/c1-11-7-6-8-12(2)14(11)22-9-13(21)10-23-16-18-15(19-20-16)17(3,4)5/h6-8,13,21H,9-10H2,1-5H3,(H,18,19,20)/t13-/m0/s1. The predicted octanol–water partition coefficient (Wildman–Crippen LogP) is 3.25. The van der Waals surface area contributed by atoms with Gasteiger partial charge in [0.25, 0.3) is 0 Å². The van der Waals surface area contributed by atoms with Crippen LogP contribution in [0.15, 0.2) is 23.4 Å². The van der Waals surface area contributed by atoms with Gasteiger partial charge in [0.1, 0.15) is 18.2 Å². The van der Waals surface area contributed by atoms with E-state index in [9.17, 15) is 5.11 Å². The van der Waals surface area contributed by atoms with Crippen molar-refractivity contribution in [2.24, 2.45) is 0 Å². The number of aliphatic hydroxyl groups is 1. The van der Waals surface area contributed by atoms with Crippen LogP contribution in [-0.2, 0) is 5.41 Å². The lowest BCUT2D eigenvalue weighted by Gasteiger charge is -2.15. The van der Waals surface area contributed by atoms with E-state index < -0.39 is 6.10 Å². The molecule has 0 aliphatic carbocycles. The van der Waals surface area contributed by atoms with Crippen LogP contribution in [0, 0.1) is 13.8 Å².